The van der Waals surface area contributed by atoms with Gasteiger partial charge in [0.1, 0.15) is 36.1 Å². The van der Waals surface area contributed by atoms with Gasteiger partial charge in [-0.15, -0.1) is 0 Å². The number of hydrogen-bond acceptors (Lipinski definition) is 9. The van der Waals surface area contributed by atoms with Crippen molar-refractivity contribution in [3.8, 4) is 0 Å². The molecular weight excluding hydrogens is 496 g/mol. The van der Waals surface area contributed by atoms with Crippen molar-refractivity contribution in [1.82, 2.24) is 24.3 Å². The van der Waals surface area contributed by atoms with E-state index in [0.29, 0.717) is 23.4 Å². The van der Waals surface area contributed by atoms with Crippen molar-refractivity contribution >= 4 is 16.9 Å². The topological polar surface area (TPSA) is 122 Å². The number of hydrogen-bond donors (Lipinski definition) is 3. The summed E-state index contributed by atoms with van der Waals surface area (Å²) in [7, 11) is 0. The Kier molecular flexibility index (Phi) is 6.57. The SMILES string of the molecule is Nc1ncnc2c1ccn2[C@@H]1O[C@H](CN2CCCC23CCN(CC2OCCc4ccccc42)CC3)[C@@H](O)[C@H]1O. The van der Waals surface area contributed by atoms with Crippen LogP contribution in [0.15, 0.2) is 42.9 Å². The summed E-state index contributed by atoms with van der Waals surface area (Å²) in [6.07, 6.45) is 5.59. The minimum atomic E-state index is -1.06. The van der Waals surface area contributed by atoms with Gasteiger partial charge < -0.3 is 34.9 Å². The molecule has 4 aliphatic rings. The monoisotopic (exact) mass is 534 g/mol. The quantitative estimate of drug-likeness (QED) is 0.450. The maximum Gasteiger partial charge on any atom is 0.164 e. The van der Waals surface area contributed by atoms with Crippen molar-refractivity contribution in [3.63, 3.8) is 0 Å². The van der Waals surface area contributed by atoms with Gasteiger partial charge >= 0.3 is 0 Å². The average molecular weight is 535 g/mol. The van der Waals surface area contributed by atoms with Crippen LogP contribution in [0.4, 0.5) is 5.82 Å². The Balaban J connectivity index is 1.01. The van der Waals surface area contributed by atoms with Crippen LogP contribution in [0.5, 0.6) is 0 Å². The molecule has 2 aromatic heterocycles. The lowest BCUT2D eigenvalue weighted by Crippen LogP contribution is -2.55. The zero-order chi connectivity index (χ0) is 26.6. The molecule has 1 spiro atoms. The molecule has 10 heteroatoms. The van der Waals surface area contributed by atoms with Crippen LogP contribution in [0.2, 0.25) is 0 Å². The molecule has 0 saturated carbocycles. The number of anilines is 1. The summed E-state index contributed by atoms with van der Waals surface area (Å²) in [5.74, 6) is 0.382. The lowest BCUT2D eigenvalue weighted by Gasteiger charge is -2.46. The molecule has 0 amide bonds. The van der Waals surface area contributed by atoms with Crippen LogP contribution in [-0.2, 0) is 15.9 Å². The highest BCUT2D eigenvalue weighted by atomic mass is 16.6. The summed E-state index contributed by atoms with van der Waals surface area (Å²) >= 11 is 0. The second-order valence-electron chi connectivity index (χ2n) is 11.6. The summed E-state index contributed by atoms with van der Waals surface area (Å²) in [5.41, 5.74) is 9.47. The second-order valence-corrected chi connectivity index (χ2v) is 11.6. The van der Waals surface area contributed by atoms with Gasteiger partial charge in [0, 0.05) is 37.9 Å². The van der Waals surface area contributed by atoms with E-state index in [1.807, 2.05) is 6.07 Å². The van der Waals surface area contributed by atoms with E-state index < -0.39 is 24.5 Å². The molecule has 0 bridgehead atoms. The number of rotatable bonds is 5. The van der Waals surface area contributed by atoms with E-state index in [1.54, 1.807) is 10.8 Å². The van der Waals surface area contributed by atoms with Gasteiger partial charge in [0.25, 0.3) is 0 Å². The predicted octanol–water partition coefficient (Wildman–Crippen LogP) is 1.88. The van der Waals surface area contributed by atoms with Crippen molar-refractivity contribution < 1.29 is 19.7 Å². The summed E-state index contributed by atoms with van der Waals surface area (Å²) in [6.45, 7) is 5.39. The fraction of sp³-hybridized carbons (Fsp3) is 0.586. The van der Waals surface area contributed by atoms with Gasteiger partial charge in [-0.25, -0.2) is 9.97 Å². The highest BCUT2D eigenvalue weighted by molar-refractivity contribution is 5.86. The Labute approximate surface area is 228 Å². The molecule has 3 fully saturated rings. The number of piperidine rings is 1. The Bertz CT molecular complexity index is 1320. The standard InChI is InChI=1S/C29H38N6O4/c30-26-21-6-12-35(27(21)32-18-31-26)28-25(37)24(36)23(39-28)17-34-11-3-8-29(34)9-13-33(14-10-29)16-22-20-5-2-1-4-19(20)7-15-38-22/h1-2,4-6,12,18,22-25,28,36-37H,3,7-11,13-17H2,(H2,30,31,32)/t22?,23-,24-,25-,28-/m1/s1. The van der Waals surface area contributed by atoms with E-state index >= 15 is 0 Å². The van der Waals surface area contributed by atoms with E-state index in [4.69, 9.17) is 15.2 Å². The molecule has 4 N–H and O–H groups in total. The van der Waals surface area contributed by atoms with Gasteiger partial charge in [0.05, 0.1) is 18.1 Å². The van der Waals surface area contributed by atoms with Crippen LogP contribution < -0.4 is 5.73 Å². The molecule has 7 rings (SSSR count). The van der Waals surface area contributed by atoms with Gasteiger partial charge in [0.2, 0.25) is 0 Å². The molecule has 0 aliphatic carbocycles. The molecule has 208 valence electrons. The number of likely N-dealkylation sites (tertiary alicyclic amines) is 2. The maximum atomic E-state index is 11.0. The molecule has 1 aromatic carbocycles. The zero-order valence-electron chi connectivity index (χ0n) is 22.2. The fourth-order valence-electron chi connectivity index (χ4n) is 7.38. The van der Waals surface area contributed by atoms with Gasteiger partial charge in [-0.2, -0.15) is 0 Å². The van der Waals surface area contributed by atoms with Gasteiger partial charge in [0.15, 0.2) is 6.23 Å². The van der Waals surface area contributed by atoms with Gasteiger partial charge in [-0.05, 0) is 55.8 Å². The van der Waals surface area contributed by atoms with Crippen LogP contribution in [0.25, 0.3) is 11.0 Å². The molecule has 1 unspecified atom stereocenters. The summed E-state index contributed by atoms with van der Waals surface area (Å²) in [6, 6.07) is 10.5. The third-order valence-electron chi connectivity index (χ3n) is 9.60. The largest absolute Gasteiger partial charge is 0.387 e. The van der Waals surface area contributed by atoms with Crippen molar-refractivity contribution in [2.24, 2.45) is 0 Å². The van der Waals surface area contributed by atoms with Crippen molar-refractivity contribution in [2.75, 3.05) is 45.1 Å². The minimum absolute atomic E-state index is 0.121. The molecule has 0 radical (unpaired) electrons. The van der Waals surface area contributed by atoms with E-state index in [-0.39, 0.29) is 11.6 Å². The molecule has 39 heavy (non-hydrogen) atoms. The number of aromatic nitrogens is 3. The second kappa shape index (κ2) is 10.1. The molecular formula is C29H38N6O4. The fourth-order valence-corrected chi connectivity index (χ4v) is 7.38. The van der Waals surface area contributed by atoms with Crippen LogP contribution >= 0.6 is 0 Å². The van der Waals surface area contributed by atoms with E-state index in [9.17, 15) is 10.2 Å². The minimum Gasteiger partial charge on any atom is -0.387 e. The number of aliphatic hydroxyl groups excluding tert-OH is 2. The Hall–Kier alpha value is -2.60. The van der Waals surface area contributed by atoms with Crippen molar-refractivity contribution in [3.05, 3.63) is 54.0 Å². The van der Waals surface area contributed by atoms with Crippen LogP contribution in [0.3, 0.4) is 0 Å². The number of nitrogens with zero attached hydrogens (tertiary/aromatic N) is 5. The lowest BCUT2D eigenvalue weighted by atomic mass is 9.84. The smallest absolute Gasteiger partial charge is 0.164 e. The Morgan fingerprint density at radius 2 is 1.85 bits per heavy atom. The number of ether oxygens (including phenoxy) is 2. The van der Waals surface area contributed by atoms with Crippen molar-refractivity contribution in [1.29, 1.82) is 0 Å². The first-order valence-electron chi connectivity index (χ1n) is 14.3. The number of aliphatic hydroxyl groups is 2. The summed E-state index contributed by atoms with van der Waals surface area (Å²) in [4.78, 5) is 13.5. The summed E-state index contributed by atoms with van der Waals surface area (Å²) < 4.78 is 14.3. The number of nitrogens with two attached hydrogens (primary N) is 1. The van der Waals surface area contributed by atoms with Crippen LogP contribution in [0.1, 0.15) is 49.1 Å². The predicted molar refractivity (Wildman–Crippen MR) is 146 cm³/mol. The molecule has 6 heterocycles. The molecule has 3 saturated heterocycles. The van der Waals surface area contributed by atoms with E-state index in [2.05, 4.69) is 44.0 Å². The zero-order valence-corrected chi connectivity index (χ0v) is 22.2. The number of fused-ring (bicyclic) bond motifs is 2. The third-order valence-corrected chi connectivity index (χ3v) is 9.60. The molecule has 5 atom stereocenters. The summed E-state index contributed by atoms with van der Waals surface area (Å²) in [5, 5.41) is 22.7. The lowest BCUT2D eigenvalue weighted by molar-refractivity contribution is -0.0601. The van der Waals surface area contributed by atoms with Crippen molar-refractivity contribution in [2.45, 2.75) is 68.3 Å². The first kappa shape index (κ1) is 25.4. The molecule has 3 aromatic rings. The normalized spacial score (nSPS) is 31.3. The highest BCUT2D eigenvalue weighted by Gasteiger charge is 2.49. The van der Waals surface area contributed by atoms with Crippen LogP contribution in [0, 0.1) is 0 Å². The van der Waals surface area contributed by atoms with E-state index in [1.165, 1.54) is 17.5 Å². The first-order valence-corrected chi connectivity index (χ1v) is 14.3. The molecule has 4 aliphatic heterocycles. The van der Waals surface area contributed by atoms with E-state index in [0.717, 1.165) is 64.9 Å². The van der Waals surface area contributed by atoms with Gasteiger partial charge in [-0.3, -0.25) is 4.90 Å². The highest BCUT2D eigenvalue weighted by Crippen LogP contribution is 2.41. The average Bonchev–Trinajstić information content (AvgIpc) is 3.63. The maximum absolute atomic E-state index is 11.0. The Morgan fingerprint density at radius 3 is 2.72 bits per heavy atom. The number of nitrogen functional groups attached to an aromatic ring is 1. The first-order chi connectivity index (χ1) is 19.0. The van der Waals surface area contributed by atoms with Gasteiger partial charge in [-0.1, -0.05) is 24.3 Å². The third kappa shape index (κ3) is 4.43. The van der Waals surface area contributed by atoms with Crippen LogP contribution in [-0.4, -0.2) is 97.7 Å². The molecule has 10 nitrogen and oxygen atoms in total. The Morgan fingerprint density at radius 1 is 1.00 bits per heavy atom. The number of benzene rings is 1.